The lowest BCUT2D eigenvalue weighted by Gasteiger charge is -2.24. The van der Waals surface area contributed by atoms with E-state index in [9.17, 15) is 0 Å². The summed E-state index contributed by atoms with van der Waals surface area (Å²) in [5.41, 5.74) is 5.39. The van der Waals surface area contributed by atoms with E-state index in [1.807, 2.05) is 6.20 Å². The summed E-state index contributed by atoms with van der Waals surface area (Å²) in [7, 11) is 2.07. The number of piperidine rings is 1. The fraction of sp³-hybridized carbons (Fsp3) is 0.471. The van der Waals surface area contributed by atoms with E-state index in [-0.39, 0.29) is 0 Å². The van der Waals surface area contributed by atoms with Gasteiger partial charge in [0.05, 0.1) is 6.20 Å². The molecule has 3 rings (SSSR count). The molecule has 3 nitrogen and oxygen atoms in total. The number of aromatic nitrogens is 2. The minimum absolute atomic E-state index is 0.629. The molecule has 20 heavy (non-hydrogen) atoms. The summed E-state index contributed by atoms with van der Waals surface area (Å²) in [5, 5.41) is 7.95. The number of nitrogens with zero attached hydrogens (tertiary/aromatic N) is 2. The Hall–Kier alpha value is -1.61. The third kappa shape index (κ3) is 2.50. The summed E-state index contributed by atoms with van der Waals surface area (Å²) >= 11 is 0. The van der Waals surface area contributed by atoms with E-state index >= 15 is 0 Å². The molecular formula is C17H23N3. The van der Waals surface area contributed by atoms with Gasteiger partial charge in [0.25, 0.3) is 0 Å². The average Bonchev–Trinajstić information content (AvgIpc) is 2.90. The molecule has 3 heteroatoms. The highest BCUT2D eigenvalue weighted by Gasteiger charge is 2.22. The Kier molecular flexibility index (Phi) is 3.88. The number of benzene rings is 1. The van der Waals surface area contributed by atoms with Crippen molar-refractivity contribution in [1.29, 1.82) is 0 Å². The highest BCUT2D eigenvalue weighted by Crippen LogP contribution is 2.33. The first-order valence-electron chi connectivity index (χ1n) is 7.61. The third-order valence-electron chi connectivity index (χ3n) is 4.38. The van der Waals surface area contributed by atoms with Crippen molar-refractivity contribution in [2.75, 3.05) is 13.1 Å². The SMILES string of the molecule is CCc1ccc(-c2cnn(C)c2C2CCNCC2)cc1. The van der Waals surface area contributed by atoms with Gasteiger partial charge in [0.2, 0.25) is 0 Å². The average molecular weight is 269 g/mol. The zero-order valence-electron chi connectivity index (χ0n) is 12.4. The summed E-state index contributed by atoms with van der Waals surface area (Å²) < 4.78 is 2.07. The van der Waals surface area contributed by atoms with Gasteiger partial charge >= 0.3 is 0 Å². The Morgan fingerprint density at radius 3 is 2.55 bits per heavy atom. The molecule has 0 unspecified atom stereocenters. The Balaban J connectivity index is 1.96. The molecule has 0 atom stereocenters. The van der Waals surface area contributed by atoms with Crippen molar-refractivity contribution in [1.82, 2.24) is 15.1 Å². The zero-order chi connectivity index (χ0) is 13.9. The third-order valence-corrected chi connectivity index (χ3v) is 4.38. The number of hydrogen-bond donors (Lipinski definition) is 1. The molecule has 2 aromatic rings. The fourth-order valence-electron chi connectivity index (χ4n) is 3.17. The first kappa shape index (κ1) is 13.4. The molecular weight excluding hydrogens is 246 g/mol. The fourth-order valence-corrected chi connectivity index (χ4v) is 3.17. The zero-order valence-corrected chi connectivity index (χ0v) is 12.4. The summed E-state index contributed by atoms with van der Waals surface area (Å²) in [6.07, 6.45) is 5.53. The smallest absolute Gasteiger partial charge is 0.0571 e. The number of nitrogens with one attached hydrogen (secondary N) is 1. The van der Waals surface area contributed by atoms with Gasteiger partial charge in [-0.15, -0.1) is 0 Å². The Bertz CT molecular complexity index is 562. The van der Waals surface area contributed by atoms with Crippen molar-refractivity contribution < 1.29 is 0 Å². The number of hydrogen-bond acceptors (Lipinski definition) is 2. The van der Waals surface area contributed by atoms with Gasteiger partial charge in [-0.1, -0.05) is 31.2 Å². The predicted octanol–water partition coefficient (Wildman–Crippen LogP) is 3.12. The van der Waals surface area contributed by atoms with Crippen molar-refractivity contribution in [3.63, 3.8) is 0 Å². The van der Waals surface area contributed by atoms with Gasteiger partial charge in [-0.3, -0.25) is 4.68 Å². The summed E-state index contributed by atoms with van der Waals surface area (Å²) in [4.78, 5) is 0. The molecule has 106 valence electrons. The van der Waals surface area contributed by atoms with Crippen LogP contribution in [0.25, 0.3) is 11.1 Å². The van der Waals surface area contributed by atoms with Crippen LogP contribution in [-0.4, -0.2) is 22.9 Å². The van der Waals surface area contributed by atoms with Crippen molar-refractivity contribution >= 4 is 0 Å². The lowest BCUT2D eigenvalue weighted by Crippen LogP contribution is -2.27. The first-order chi connectivity index (χ1) is 9.79. The van der Waals surface area contributed by atoms with Crippen LogP contribution in [0.2, 0.25) is 0 Å². The quantitative estimate of drug-likeness (QED) is 0.928. The molecule has 1 aliphatic rings. The van der Waals surface area contributed by atoms with E-state index in [0.29, 0.717) is 5.92 Å². The van der Waals surface area contributed by atoms with Gasteiger partial charge in [0, 0.05) is 24.2 Å². The first-order valence-corrected chi connectivity index (χ1v) is 7.61. The summed E-state index contributed by atoms with van der Waals surface area (Å²) in [6, 6.07) is 8.93. The van der Waals surface area contributed by atoms with Gasteiger partial charge < -0.3 is 5.32 Å². The van der Waals surface area contributed by atoms with Crippen LogP contribution >= 0.6 is 0 Å². The monoisotopic (exact) mass is 269 g/mol. The van der Waals surface area contributed by atoms with E-state index in [2.05, 4.69) is 53.3 Å². The van der Waals surface area contributed by atoms with E-state index in [1.54, 1.807) is 0 Å². The molecule has 0 bridgehead atoms. The van der Waals surface area contributed by atoms with Crippen LogP contribution in [0.4, 0.5) is 0 Å². The molecule has 1 saturated heterocycles. The van der Waals surface area contributed by atoms with Gasteiger partial charge in [-0.05, 0) is 43.5 Å². The second-order valence-corrected chi connectivity index (χ2v) is 5.64. The molecule has 1 N–H and O–H groups in total. The van der Waals surface area contributed by atoms with E-state index in [1.165, 1.54) is 35.2 Å². The standard InChI is InChI=1S/C17H23N3/c1-3-13-4-6-14(7-5-13)16-12-19-20(2)17(16)15-8-10-18-11-9-15/h4-7,12,15,18H,3,8-11H2,1-2H3. The molecule has 1 aromatic heterocycles. The maximum atomic E-state index is 4.51. The Labute approximate surface area is 121 Å². The molecule has 1 aromatic carbocycles. The minimum Gasteiger partial charge on any atom is -0.317 e. The number of rotatable bonds is 3. The highest BCUT2D eigenvalue weighted by atomic mass is 15.3. The second-order valence-electron chi connectivity index (χ2n) is 5.64. The largest absolute Gasteiger partial charge is 0.317 e. The predicted molar refractivity (Wildman–Crippen MR) is 82.9 cm³/mol. The maximum Gasteiger partial charge on any atom is 0.0571 e. The van der Waals surface area contributed by atoms with Gasteiger partial charge in [-0.25, -0.2) is 0 Å². The van der Waals surface area contributed by atoms with E-state index in [0.717, 1.165) is 19.5 Å². The normalized spacial score (nSPS) is 16.5. The molecule has 2 heterocycles. The molecule has 0 aliphatic carbocycles. The highest BCUT2D eigenvalue weighted by molar-refractivity contribution is 5.66. The molecule has 0 saturated carbocycles. The van der Waals surface area contributed by atoms with Crippen molar-refractivity contribution in [3.05, 3.63) is 41.7 Å². The van der Waals surface area contributed by atoms with Crippen LogP contribution in [0.3, 0.4) is 0 Å². The minimum atomic E-state index is 0.629. The second kappa shape index (κ2) is 5.80. The van der Waals surface area contributed by atoms with Gasteiger partial charge in [-0.2, -0.15) is 5.10 Å². The van der Waals surface area contributed by atoms with Crippen molar-refractivity contribution in [2.24, 2.45) is 7.05 Å². The van der Waals surface area contributed by atoms with Crippen molar-refractivity contribution in [3.8, 4) is 11.1 Å². The summed E-state index contributed by atoms with van der Waals surface area (Å²) in [6.45, 7) is 4.42. The maximum absolute atomic E-state index is 4.51. The van der Waals surface area contributed by atoms with Crippen LogP contribution in [0, 0.1) is 0 Å². The Morgan fingerprint density at radius 2 is 1.90 bits per heavy atom. The van der Waals surface area contributed by atoms with Crippen LogP contribution < -0.4 is 5.32 Å². The molecule has 0 amide bonds. The van der Waals surface area contributed by atoms with Gasteiger partial charge in [0.1, 0.15) is 0 Å². The molecule has 0 spiro atoms. The lowest BCUT2D eigenvalue weighted by molar-refractivity contribution is 0.440. The van der Waals surface area contributed by atoms with Crippen LogP contribution in [0.15, 0.2) is 30.5 Å². The molecule has 1 fully saturated rings. The van der Waals surface area contributed by atoms with Gasteiger partial charge in [0.15, 0.2) is 0 Å². The topological polar surface area (TPSA) is 29.9 Å². The van der Waals surface area contributed by atoms with Crippen molar-refractivity contribution in [2.45, 2.75) is 32.1 Å². The van der Waals surface area contributed by atoms with Crippen LogP contribution in [-0.2, 0) is 13.5 Å². The molecule has 1 aliphatic heterocycles. The lowest BCUT2D eigenvalue weighted by atomic mass is 9.90. The van der Waals surface area contributed by atoms with E-state index < -0.39 is 0 Å². The number of aryl methyl sites for hydroxylation is 2. The van der Waals surface area contributed by atoms with Crippen LogP contribution in [0.1, 0.15) is 36.9 Å². The molecule has 0 radical (unpaired) electrons. The van der Waals surface area contributed by atoms with E-state index in [4.69, 9.17) is 0 Å². The summed E-state index contributed by atoms with van der Waals surface area (Å²) in [5.74, 6) is 0.629. The van der Waals surface area contributed by atoms with Crippen LogP contribution in [0.5, 0.6) is 0 Å². The Morgan fingerprint density at radius 1 is 1.20 bits per heavy atom.